The van der Waals surface area contributed by atoms with Crippen molar-refractivity contribution in [2.45, 2.75) is 45.0 Å². The van der Waals surface area contributed by atoms with Gasteiger partial charge in [-0.1, -0.05) is 38.1 Å². The smallest absolute Gasteiger partial charge is 0.353 e. The summed E-state index contributed by atoms with van der Waals surface area (Å²) in [5.41, 5.74) is 2.43. The fourth-order valence-corrected chi connectivity index (χ4v) is 2.30. The summed E-state index contributed by atoms with van der Waals surface area (Å²) >= 11 is 0. The molecule has 1 rings (SSSR count). The summed E-state index contributed by atoms with van der Waals surface area (Å²) < 4.78 is 10.7. The van der Waals surface area contributed by atoms with E-state index in [9.17, 15) is 9.67 Å². The van der Waals surface area contributed by atoms with E-state index in [4.69, 9.17) is 9.79 Å². The molecule has 6 heteroatoms. The van der Waals surface area contributed by atoms with Crippen LogP contribution in [0.4, 0.5) is 0 Å². The Bertz CT molecular complexity index is 443. The summed E-state index contributed by atoms with van der Waals surface area (Å²) in [6.07, 6.45) is 1.15. The number of aliphatic hydroxyl groups excluding tert-OH is 1. The topological polar surface area (TPSA) is 89.8 Å². The molecule has 0 aliphatic rings. The molecule has 0 aliphatic heterocycles. The van der Waals surface area contributed by atoms with Gasteiger partial charge in [-0.15, -0.1) is 0 Å². The van der Waals surface area contributed by atoms with Gasteiger partial charge in [-0.25, -0.2) is 0 Å². The van der Waals surface area contributed by atoms with Crippen LogP contribution in [-0.4, -0.2) is 27.3 Å². The fraction of sp³-hybridized carbons (Fsp3) is 0.571. The Kier molecular flexibility index (Phi) is 6.86. The molecule has 5 nitrogen and oxygen atoms in total. The summed E-state index contributed by atoms with van der Waals surface area (Å²) in [7, 11) is -4.37. The second kappa shape index (κ2) is 7.91. The molecule has 0 amide bonds. The van der Waals surface area contributed by atoms with Crippen LogP contribution in [-0.2, 0) is 11.1 Å². The lowest BCUT2D eigenvalue weighted by atomic mass is 9.98. The third kappa shape index (κ3) is 5.73. The summed E-state index contributed by atoms with van der Waals surface area (Å²) in [5, 5.41) is 12.3. The van der Waals surface area contributed by atoms with Crippen molar-refractivity contribution in [2.24, 2.45) is 0 Å². The highest BCUT2D eigenvalue weighted by Gasteiger charge is 2.25. The van der Waals surface area contributed by atoms with Gasteiger partial charge in [0, 0.05) is 6.54 Å². The molecule has 0 bridgehead atoms. The van der Waals surface area contributed by atoms with Crippen molar-refractivity contribution < 1.29 is 19.5 Å². The molecule has 2 atom stereocenters. The quantitative estimate of drug-likeness (QED) is 0.436. The molecule has 0 saturated heterocycles. The zero-order valence-corrected chi connectivity index (χ0v) is 12.9. The molecule has 0 aliphatic carbocycles. The van der Waals surface area contributed by atoms with Crippen molar-refractivity contribution in [1.29, 1.82) is 0 Å². The highest BCUT2D eigenvalue weighted by Crippen LogP contribution is 2.40. The molecule has 0 aromatic heterocycles. The van der Waals surface area contributed by atoms with Crippen molar-refractivity contribution in [3.8, 4) is 0 Å². The van der Waals surface area contributed by atoms with E-state index in [1.165, 1.54) is 5.56 Å². The second-order valence-corrected chi connectivity index (χ2v) is 6.86. The van der Waals surface area contributed by atoms with Crippen LogP contribution in [0.5, 0.6) is 0 Å². The molecular formula is C14H24NO4P. The summed E-state index contributed by atoms with van der Waals surface area (Å²) in [5.74, 6) is -1.03. The van der Waals surface area contributed by atoms with Crippen molar-refractivity contribution in [1.82, 2.24) is 5.32 Å². The predicted molar refractivity (Wildman–Crippen MR) is 79.5 cm³/mol. The Morgan fingerprint density at radius 1 is 1.25 bits per heavy atom. The van der Waals surface area contributed by atoms with E-state index >= 15 is 0 Å². The average Bonchev–Trinajstić information content (AvgIpc) is 2.42. The van der Waals surface area contributed by atoms with Crippen LogP contribution in [0.3, 0.4) is 0 Å². The summed E-state index contributed by atoms with van der Waals surface area (Å²) in [4.78, 5) is 17.5. The van der Waals surface area contributed by atoms with Gasteiger partial charge in [-0.05, 0) is 36.4 Å². The van der Waals surface area contributed by atoms with Crippen LogP contribution in [0.25, 0.3) is 0 Å². The van der Waals surface area contributed by atoms with Gasteiger partial charge in [0.25, 0.3) is 0 Å². The minimum Gasteiger partial charge on any atom is -0.380 e. The molecule has 20 heavy (non-hydrogen) atoms. The zero-order chi connectivity index (χ0) is 15.2. The normalized spacial score (nSPS) is 15.1. The third-order valence-corrected chi connectivity index (χ3v) is 4.49. The number of aliphatic hydroxyl groups is 1. The molecule has 1 aromatic carbocycles. The minimum absolute atomic E-state index is 0.0369. The molecule has 4 N–H and O–H groups in total. The predicted octanol–water partition coefficient (Wildman–Crippen LogP) is 2.18. The number of benzene rings is 1. The van der Waals surface area contributed by atoms with E-state index in [1.807, 2.05) is 12.1 Å². The number of hydrogen-bond donors (Lipinski definition) is 4. The zero-order valence-electron chi connectivity index (χ0n) is 12.0. The number of nitrogens with one attached hydrogen (secondary N) is 1. The number of rotatable bonds is 8. The minimum atomic E-state index is -4.37. The first-order valence-corrected chi connectivity index (χ1v) is 8.55. The summed E-state index contributed by atoms with van der Waals surface area (Å²) in [6, 6.07) is 8.31. The van der Waals surface area contributed by atoms with E-state index in [0.717, 1.165) is 12.0 Å². The Hall–Kier alpha value is -0.710. The van der Waals surface area contributed by atoms with Crippen LogP contribution in [0, 0.1) is 0 Å². The van der Waals surface area contributed by atoms with Crippen LogP contribution in [0.15, 0.2) is 24.3 Å². The highest BCUT2D eigenvalue weighted by atomic mass is 31.2. The van der Waals surface area contributed by atoms with E-state index in [-0.39, 0.29) is 6.42 Å². The molecule has 0 fully saturated rings. The van der Waals surface area contributed by atoms with Crippen molar-refractivity contribution in [3.63, 3.8) is 0 Å². The maximum atomic E-state index is 10.7. The Morgan fingerprint density at radius 3 is 2.35 bits per heavy atom. The largest absolute Gasteiger partial charge is 0.380 e. The summed E-state index contributed by atoms with van der Waals surface area (Å²) in [6.45, 7) is 5.33. The van der Waals surface area contributed by atoms with Crippen LogP contribution < -0.4 is 5.32 Å². The van der Waals surface area contributed by atoms with E-state index in [1.54, 1.807) is 0 Å². The van der Waals surface area contributed by atoms with Gasteiger partial charge < -0.3 is 20.2 Å². The Morgan fingerprint density at radius 2 is 1.85 bits per heavy atom. The molecular weight excluding hydrogens is 277 g/mol. The average molecular weight is 301 g/mol. The Balaban J connectivity index is 2.34. The van der Waals surface area contributed by atoms with Gasteiger partial charge in [-0.2, -0.15) is 0 Å². The Labute approximate surface area is 120 Å². The van der Waals surface area contributed by atoms with Gasteiger partial charge in [0.1, 0.15) is 0 Å². The maximum absolute atomic E-state index is 10.7. The van der Waals surface area contributed by atoms with Crippen LogP contribution >= 0.6 is 7.60 Å². The SMILES string of the molecule is CCC(C)c1ccc(CNCCC(O)P(=O)(O)O)cc1. The third-order valence-electron chi connectivity index (χ3n) is 3.46. The maximum Gasteiger partial charge on any atom is 0.353 e. The molecule has 0 saturated carbocycles. The second-order valence-electron chi connectivity index (χ2n) is 5.09. The first-order valence-electron chi connectivity index (χ1n) is 6.87. The monoisotopic (exact) mass is 301 g/mol. The lowest BCUT2D eigenvalue weighted by Crippen LogP contribution is -2.20. The molecule has 0 radical (unpaired) electrons. The van der Waals surface area contributed by atoms with Crippen molar-refractivity contribution in [2.75, 3.05) is 6.54 Å². The van der Waals surface area contributed by atoms with Crippen molar-refractivity contribution in [3.05, 3.63) is 35.4 Å². The molecule has 0 spiro atoms. The van der Waals surface area contributed by atoms with Gasteiger partial charge >= 0.3 is 7.60 Å². The van der Waals surface area contributed by atoms with Crippen molar-refractivity contribution >= 4 is 7.60 Å². The van der Waals surface area contributed by atoms with E-state index in [0.29, 0.717) is 19.0 Å². The molecule has 0 heterocycles. The lowest BCUT2D eigenvalue weighted by Gasteiger charge is -2.13. The first-order chi connectivity index (χ1) is 9.34. The van der Waals surface area contributed by atoms with E-state index < -0.39 is 13.4 Å². The highest BCUT2D eigenvalue weighted by molar-refractivity contribution is 7.52. The molecule has 2 unspecified atom stereocenters. The number of hydrogen-bond acceptors (Lipinski definition) is 3. The van der Waals surface area contributed by atoms with E-state index in [2.05, 4.69) is 31.3 Å². The molecule has 1 aromatic rings. The standard InChI is InChI=1S/C14H24NO4P/c1-3-11(2)13-6-4-12(5-7-13)10-15-9-8-14(16)20(17,18)19/h4-7,11,14-16H,3,8-10H2,1-2H3,(H2,17,18,19). The van der Waals surface area contributed by atoms with Gasteiger partial charge in [-0.3, -0.25) is 4.57 Å². The van der Waals surface area contributed by atoms with Gasteiger partial charge in [0.2, 0.25) is 0 Å². The molecule has 114 valence electrons. The fourth-order valence-electron chi connectivity index (χ4n) is 1.83. The van der Waals surface area contributed by atoms with Gasteiger partial charge in [0.05, 0.1) is 0 Å². The first kappa shape index (κ1) is 17.3. The van der Waals surface area contributed by atoms with Gasteiger partial charge in [0.15, 0.2) is 5.85 Å². The van der Waals surface area contributed by atoms with Crippen LogP contribution in [0.2, 0.25) is 0 Å². The van der Waals surface area contributed by atoms with Crippen LogP contribution in [0.1, 0.15) is 43.7 Å². The lowest BCUT2D eigenvalue weighted by molar-refractivity contribution is 0.193.